The number of carbonyl (C=O) groups is 1. The molecule has 1 heterocycles. The largest absolute Gasteiger partial charge is 0.329 e. The van der Waals surface area contributed by atoms with Gasteiger partial charge >= 0.3 is 0 Å². The number of ketones is 1. The molecule has 0 aliphatic heterocycles. The fraction of sp³-hybridized carbons (Fsp3) is 0.545. The molecule has 1 atom stereocenters. The topological polar surface area (TPSA) is 43.1 Å². The van der Waals surface area contributed by atoms with Crippen molar-refractivity contribution in [1.82, 2.24) is 0 Å². The van der Waals surface area contributed by atoms with Gasteiger partial charge in [-0.3, -0.25) is 4.79 Å². The van der Waals surface area contributed by atoms with Crippen LogP contribution in [0.5, 0.6) is 0 Å². The maximum Gasteiger partial charge on any atom is 0.180 e. The van der Waals surface area contributed by atoms with Crippen LogP contribution in [-0.2, 0) is 0 Å². The van der Waals surface area contributed by atoms with Crippen LogP contribution in [0.25, 0.3) is 0 Å². The summed E-state index contributed by atoms with van der Waals surface area (Å²) in [6.45, 7) is 6.33. The zero-order valence-corrected chi connectivity index (χ0v) is 9.78. The van der Waals surface area contributed by atoms with E-state index in [1.54, 1.807) is 0 Å². The van der Waals surface area contributed by atoms with Gasteiger partial charge in [-0.05, 0) is 30.4 Å². The maximum atomic E-state index is 12.1. The Labute approximate surface area is 89.1 Å². The lowest BCUT2D eigenvalue weighted by atomic mass is 9.82. The Balaban J connectivity index is 3.01. The Kier molecular flexibility index (Phi) is 3.45. The Morgan fingerprint density at radius 1 is 1.64 bits per heavy atom. The second-order valence-electron chi connectivity index (χ2n) is 3.88. The van der Waals surface area contributed by atoms with Gasteiger partial charge in [0.1, 0.15) is 0 Å². The van der Waals surface area contributed by atoms with Gasteiger partial charge in [0, 0.05) is 12.0 Å². The third-order valence-electron chi connectivity index (χ3n) is 2.85. The van der Waals surface area contributed by atoms with E-state index in [0.29, 0.717) is 6.54 Å². The van der Waals surface area contributed by atoms with Crippen LogP contribution in [-0.4, -0.2) is 12.3 Å². The number of hydrogen-bond donors (Lipinski definition) is 1. The lowest BCUT2D eigenvalue weighted by molar-refractivity contribution is 0.0824. The van der Waals surface area contributed by atoms with Crippen LogP contribution >= 0.6 is 11.3 Å². The van der Waals surface area contributed by atoms with Gasteiger partial charge in [-0.1, -0.05) is 13.8 Å². The highest BCUT2D eigenvalue weighted by molar-refractivity contribution is 7.12. The van der Waals surface area contributed by atoms with E-state index in [9.17, 15) is 4.79 Å². The second-order valence-corrected chi connectivity index (χ2v) is 4.80. The van der Waals surface area contributed by atoms with Crippen molar-refractivity contribution >= 4 is 17.1 Å². The predicted molar refractivity (Wildman–Crippen MR) is 60.8 cm³/mol. The molecule has 2 N–H and O–H groups in total. The molecule has 0 saturated carbocycles. The van der Waals surface area contributed by atoms with Crippen LogP contribution in [0.2, 0.25) is 0 Å². The van der Waals surface area contributed by atoms with E-state index >= 15 is 0 Å². The van der Waals surface area contributed by atoms with Gasteiger partial charge < -0.3 is 5.73 Å². The number of hydrogen-bond acceptors (Lipinski definition) is 3. The van der Waals surface area contributed by atoms with Gasteiger partial charge in [-0.2, -0.15) is 0 Å². The molecule has 0 radical (unpaired) electrons. The minimum absolute atomic E-state index is 0.190. The van der Waals surface area contributed by atoms with Crippen LogP contribution in [0.15, 0.2) is 11.4 Å². The molecule has 14 heavy (non-hydrogen) atoms. The van der Waals surface area contributed by atoms with Gasteiger partial charge in [0.05, 0.1) is 4.88 Å². The molecule has 0 aliphatic rings. The Hall–Kier alpha value is -0.670. The fourth-order valence-corrected chi connectivity index (χ4v) is 2.29. The molecule has 0 bridgehead atoms. The molecule has 78 valence electrons. The minimum Gasteiger partial charge on any atom is -0.329 e. The molecule has 1 rings (SSSR count). The maximum absolute atomic E-state index is 12.1. The molecule has 1 aromatic heterocycles. The van der Waals surface area contributed by atoms with Gasteiger partial charge in [-0.25, -0.2) is 0 Å². The number of thiophene rings is 1. The van der Waals surface area contributed by atoms with Crippen molar-refractivity contribution in [1.29, 1.82) is 0 Å². The zero-order chi connectivity index (χ0) is 10.8. The highest BCUT2D eigenvalue weighted by Gasteiger charge is 2.31. The first-order valence-electron chi connectivity index (χ1n) is 4.84. The molecule has 3 heteroatoms. The Morgan fingerprint density at radius 3 is 2.64 bits per heavy atom. The molecule has 0 amide bonds. The van der Waals surface area contributed by atoms with E-state index in [-0.39, 0.29) is 5.78 Å². The van der Waals surface area contributed by atoms with Gasteiger partial charge in [0.15, 0.2) is 5.78 Å². The van der Waals surface area contributed by atoms with E-state index in [0.717, 1.165) is 16.9 Å². The van der Waals surface area contributed by atoms with Crippen molar-refractivity contribution in [3.05, 3.63) is 21.9 Å². The number of aryl methyl sites for hydroxylation is 1. The summed E-state index contributed by atoms with van der Waals surface area (Å²) in [5.41, 5.74) is 6.33. The van der Waals surface area contributed by atoms with E-state index in [2.05, 4.69) is 0 Å². The zero-order valence-electron chi connectivity index (χ0n) is 8.96. The van der Waals surface area contributed by atoms with E-state index in [1.807, 2.05) is 32.2 Å². The molecule has 0 fully saturated rings. The molecule has 2 nitrogen and oxygen atoms in total. The van der Waals surface area contributed by atoms with Gasteiger partial charge in [0.2, 0.25) is 0 Å². The van der Waals surface area contributed by atoms with Crippen molar-refractivity contribution in [3.8, 4) is 0 Å². The van der Waals surface area contributed by atoms with Crippen LogP contribution < -0.4 is 5.73 Å². The molecule has 1 unspecified atom stereocenters. The summed E-state index contributed by atoms with van der Waals surface area (Å²) in [7, 11) is 0. The lowest BCUT2D eigenvalue weighted by Gasteiger charge is -2.24. The molecular formula is C11H17NOS. The third-order valence-corrected chi connectivity index (χ3v) is 3.86. The lowest BCUT2D eigenvalue weighted by Crippen LogP contribution is -2.35. The number of carbonyl (C=O) groups excluding carboxylic acids is 1. The highest BCUT2D eigenvalue weighted by atomic mass is 32.1. The van der Waals surface area contributed by atoms with Crippen molar-refractivity contribution in [2.75, 3.05) is 6.54 Å². The average Bonchev–Trinajstić information content (AvgIpc) is 2.62. The highest BCUT2D eigenvalue weighted by Crippen LogP contribution is 2.29. The summed E-state index contributed by atoms with van der Waals surface area (Å²) in [5, 5.41) is 1.95. The number of rotatable bonds is 4. The summed E-state index contributed by atoms with van der Waals surface area (Å²) < 4.78 is 0. The third kappa shape index (κ3) is 1.88. The normalized spacial score (nSPS) is 15.1. The first kappa shape index (κ1) is 11.4. The minimum atomic E-state index is -0.393. The Morgan fingerprint density at radius 2 is 2.29 bits per heavy atom. The molecule has 0 saturated heterocycles. The average molecular weight is 211 g/mol. The standard InChI is InChI=1S/C11H17NOS/c1-4-11(3,7-12)10(13)9-8(2)5-6-14-9/h5-6H,4,7,12H2,1-3H3. The van der Waals surface area contributed by atoms with Crippen LogP contribution in [0.1, 0.15) is 35.5 Å². The summed E-state index contributed by atoms with van der Waals surface area (Å²) in [4.78, 5) is 13.0. The summed E-state index contributed by atoms with van der Waals surface area (Å²) >= 11 is 1.51. The first-order valence-corrected chi connectivity index (χ1v) is 5.72. The molecule has 0 aromatic carbocycles. The van der Waals surface area contributed by atoms with Crippen LogP contribution in [0.4, 0.5) is 0 Å². The summed E-state index contributed by atoms with van der Waals surface area (Å²) in [6, 6.07) is 1.98. The van der Waals surface area contributed by atoms with Crippen LogP contribution in [0, 0.1) is 12.3 Å². The molecule has 0 aliphatic carbocycles. The van der Waals surface area contributed by atoms with Crippen molar-refractivity contribution in [3.63, 3.8) is 0 Å². The summed E-state index contributed by atoms with van der Waals surface area (Å²) in [6.07, 6.45) is 0.791. The fourth-order valence-electron chi connectivity index (χ4n) is 1.28. The molecule has 1 aromatic rings. The SMILES string of the molecule is CCC(C)(CN)C(=O)c1sccc1C. The first-order chi connectivity index (χ1) is 6.55. The number of Topliss-reactive ketones (excluding diaryl/α,β-unsaturated/α-hetero) is 1. The van der Waals surface area contributed by atoms with Crippen molar-refractivity contribution in [2.45, 2.75) is 27.2 Å². The van der Waals surface area contributed by atoms with Gasteiger partial charge in [0.25, 0.3) is 0 Å². The smallest absolute Gasteiger partial charge is 0.180 e. The molecular weight excluding hydrogens is 194 g/mol. The quantitative estimate of drug-likeness (QED) is 0.778. The molecule has 0 spiro atoms. The van der Waals surface area contributed by atoms with E-state index in [4.69, 9.17) is 5.73 Å². The van der Waals surface area contributed by atoms with Crippen molar-refractivity contribution < 1.29 is 4.79 Å². The number of nitrogens with two attached hydrogens (primary N) is 1. The van der Waals surface area contributed by atoms with E-state index < -0.39 is 5.41 Å². The van der Waals surface area contributed by atoms with Gasteiger partial charge in [-0.15, -0.1) is 11.3 Å². The van der Waals surface area contributed by atoms with Crippen LogP contribution in [0.3, 0.4) is 0 Å². The predicted octanol–water partition coefficient (Wildman–Crippen LogP) is 2.61. The summed E-state index contributed by atoms with van der Waals surface area (Å²) in [5.74, 6) is 0.190. The van der Waals surface area contributed by atoms with E-state index in [1.165, 1.54) is 11.3 Å². The second kappa shape index (κ2) is 4.24. The van der Waals surface area contributed by atoms with Crippen molar-refractivity contribution in [2.24, 2.45) is 11.1 Å². The Bertz CT molecular complexity index is 326. The monoisotopic (exact) mass is 211 g/mol.